The van der Waals surface area contributed by atoms with Crippen LogP contribution in [0.4, 0.5) is 0 Å². The number of methoxy groups -OCH3 is 1. The maximum Gasteiger partial charge on any atom is 0.309 e. The van der Waals surface area contributed by atoms with Crippen LogP contribution in [0.2, 0.25) is 0 Å². The zero-order chi connectivity index (χ0) is 12.0. The van der Waals surface area contributed by atoms with E-state index < -0.39 is 0 Å². The summed E-state index contributed by atoms with van der Waals surface area (Å²) in [5.41, 5.74) is 1.27. The van der Waals surface area contributed by atoms with E-state index in [2.05, 4.69) is 11.7 Å². The van der Waals surface area contributed by atoms with Crippen molar-refractivity contribution in [3.05, 3.63) is 29.8 Å². The Morgan fingerprint density at radius 3 is 2.44 bits per heavy atom. The normalized spacial score (nSPS) is 11.9. The number of hydrogen-bond donors (Lipinski definition) is 0. The minimum Gasteiger partial charge on any atom is -0.490 e. The highest BCUT2D eigenvalue weighted by atomic mass is 16.5. The molecule has 0 radical (unpaired) electrons. The fourth-order valence-corrected chi connectivity index (χ4v) is 1.40. The van der Waals surface area contributed by atoms with Gasteiger partial charge >= 0.3 is 5.97 Å². The van der Waals surface area contributed by atoms with Gasteiger partial charge in [-0.05, 0) is 31.0 Å². The molecule has 0 aromatic heterocycles. The zero-order valence-corrected chi connectivity index (χ0v) is 10.0. The lowest BCUT2D eigenvalue weighted by atomic mass is 10.2. The van der Waals surface area contributed by atoms with Crippen molar-refractivity contribution in [3.63, 3.8) is 0 Å². The summed E-state index contributed by atoms with van der Waals surface area (Å²) in [6, 6.07) is 7.90. The molecule has 0 saturated heterocycles. The smallest absolute Gasteiger partial charge is 0.309 e. The van der Waals surface area contributed by atoms with Gasteiger partial charge in [0.05, 0.1) is 13.5 Å². The summed E-state index contributed by atoms with van der Waals surface area (Å²) in [4.78, 5) is 11.0. The Labute approximate surface area is 96.4 Å². The van der Waals surface area contributed by atoms with Crippen LogP contribution in [0, 0.1) is 0 Å². The third-order valence-corrected chi connectivity index (χ3v) is 2.35. The summed E-state index contributed by atoms with van der Waals surface area (Å²) in [7, 11) is 1.38. The number of carbonyl (C=O) groups is 1. The SMILES string of the molecule is CCc1ccc(OC(C)CC(=O)OC)cc1. The zero-order valence-electron chi connectivity index (χ0n) is 10.0. The van der Waals surface area contributed by atoms with Crippen LogP contribution in [0.25, 0.3) is 0 Å². The Morgan fingerprint density at radius 1 is 1.31 bits per heavy atom. The monoisotopic (exact) mass is 222 g/mol. The predicted molar refractivity (Wildman–Crippen MR) is 62.5 cm³/mol. The molecule has 1 aromatic carbocycles. The molecule has 1 unspecified atom stereocenters. The maximum absolute atomic E-state index is 11.0. The largest absolute Gasteiger partial charge is 0.490 e. The van der Waals surface area contributed by atoms with Gasteiger partial charge in [0, 0.05) is 0 Å². The summed E-state index contributed by atoms with van der Waals surface area (Å²) < 4.78 is 10.2. The first-order chi connectivity index (χ1) is 7.65. The quantitative estimate of drug-likeness (QED) is 0.718. The molecular formula is C13H18O3. The first-order valence-electron chi connectivity index (χ1n) is 5.48. The highest BCUT2D eigenvalue weighted by Gasteiger charge is 2.10. The second kappa shape index (κ2) is 6.16. The van der Waals surface area contributed by atoms with Crippen molar-refractivity contribution < 1.29 is 14.3 Å². The van der Waals surface area contributed by atoms with Crippen LogP contribution in [0.15, 0.2) is 24.3 Å². The van der Waals surface area contributed by atoms with Gasteiger partial charge in [-0.1, -0.05) is 19.1 Å². The minimum absolute atomic E-state index is 0.167. The van der Waals surface area contributed by atoms with Crippen molar-refractivity contribution in [2.75, 3.05) is 7.11 Å². The third-order valence-electron chi connectivity index (χ3n) is 2.35. The molecule has 1 atom stereocenters. The van der Waals surface area contributed by atoms with E-state index in [1.807, 2.05) is 31.2 Å². The molecule has 1 rings (SSSR count). The molecule has 0 spiro atoms. The molecule has 1 aromatic rings. The predicted octanol–water partition coefficient (Wildman–Crippen LogP) is 2.58. The minimum atomic E-state index is -0.252. The third kappa shape index (κ3) is 3.93. The molecule has 0 heterocycles. The first-order valence-corrected chi connectivity index (χ1v) is 5.48. The molecule has 0 aliphatic rings. The van der Waals surface area contributed by atoms with E-state index in [4.69, 9.17) is 4.74 Å². The number of carbonyl (C=O) groups excluding carboxylic acids is 1. The Hall–Kier alpha value is -1.51. The summed E-state index contributed by atoms with van der Waals surface area (Å²) in [5, 5.41) is 0. The molecule has 0 saturated carbocycles. The molecule has 0 fully saturated rings. The van der Waals surface area contributed by atoms with Gasteiger partial charge in [-0.15, -0.1) is 0 Å². The van der Waals surface area contributed by atoms with Crippen LogP contribution in [-0.2, 0) is 16.0 Å². The molecule has 0 bridgehead atoms. The second-order valence-electron chi connectivity index (χ2n) is 3.71. The van der Waals surface area contributed by atoms with Crippen LogP contribution in [0.3, 0.4) is 0 Å². The van der Waals surface area contributed by atoms with Gasteiger partial charge < -0.3 is 9.47 Å². The van der Waals surface area contributed by atoms with Crippen LogP contribution in [0.5, 0.6) is 5.75 Å². The molecule has 0 amide bonds. The topological polar surface area (TPSA) is 35.5 Å². The number of ether oxygens (including phenoxy) is 2. The maximum atomic E-state index is 11.0. The average molecular weight is 222 g/mol. The number of hydrogen-bond acceptors (Lipinski definition) is 3. The summed E-state index contributed by atoms with van der Waals surface area (Å²) in [6.07, 6.45) is 1.12. The standard InChI is InChI=1S/C13H18O3/c1-4-11-5-7-12(8-6-11)16-10(2)9-13(14)15-3/h5-8,10H,4,9H2,1-3H3. The van der Waals surface area contributed by atoms with E-state index in [1.165, 1.54) is 12.7 Å². The summed E-state index contributed by atoms with van der Waals surface area (Å²) in [5.74, 6) is 0.534. The lowest BCUT2D eigenvalue weighted by Crippen LogP contribution is -2.17. The molecule has 0 N–H and O–H groups in total. The molecule has 3 heteroatoms. The number of rotatable bonds is 5. The Morgan fingerprint density at radius 2 is 1.94 bits per heavy atom. The molecule has 0 aliphatic carbocycles. The van der Waals surface area contributed by atoms with Crippen molar-refractivity contribution in [1.29, 1.82) is 0 Å². The van der Waals surface area contributed by atoms with Crippen molar-refractivity contribution in [2.45, 2.75) is 32.8 Å². The fraction of sp³-hybridized carbons (Fsp3) is 0.462. The number of benzene rings is 1. The molecular weight excluding hydrogens is 204 g/mol. The van der Waals surface area contributed by atoms with E-state index in [0.29, 0.717) is 0 Å². The molecule has 0 aliphatic heterocycles. The summed E-state index contributed by atoms with van der Waals surface area (Å²) >= 11 is 0. The van der Waals surface area contributed by atoms with Crippen LogP contribution < -0.4 is 4.74 Å². The average Bonchev–Trinajstić information content (AvgIpc) is 2.29. The van der Waals surface area contributed by atoms with Crippen molar-refractivity contribution in [3.8, 4) is 5.75 Å². The van der Waals surface area contributed by atoms with Gasteiger partial charge in [0.2, 0.25) is 0 Å². The van der Waals surface area contributed by atoms with Gasteiger partial charge in [0.25, 0.3) is 0 Å². The van der Waals surface area contributed by atoms with Crippen LogP contribution in [0.1, 0.15) is 25.8 Å². The van der Waals surface area contributed by atoms with Crippen LogP contribution in [-0.4, -0.2) is 19.2 Å². The Balaban J connectivity index is 2.49. The van der Waals surface area contributed by atoms with Gasteiger partial charge in [-0.2, -0.15) is 0 Å². The van der Waals surface area contributed by atoms with Gasteiger partial charge in [-0.3, -0.25) is 4.79 Å². The van der Waals surface area contributed by atoms with E-state index in [9.17, 15) is 4.79 Å². The van der Waals surface area contributed by atoms with E-state index in [-0.39, 0.29) is 18.5 Å². The van der Waals surface area contributed by atoms with Gasteiger partial charge in [-0.25, -0.2) is 0 Å². The summed E-state index contributed by atoms with van der Waals surface area (Å²) in [6.45, 7) is 3.96. The highest BCUT2D eigenvalue weighted by Crippen LogP contribution is 2.15. The number of aryl methyl sites for hydroxylation is 1. The van der Waals surface area contributed by atoms with E-state index in [0.717, 1.165) is 12.2 Å². The van der Waals surface area contributed by atoms with Crippen molar-refractivity contribution >= 4 is 5.97 Å². The molecule has 16 heavy (non-hydrogen) atoms. The van der Waals surface area contributed by atoms with Gasteiger partial charge in [0.15, 0.2) is 0 Å². The molecule has 88 valence electrons. The lowest BCUT2D eigenvalue weighted by molar-refractivity contribution is -0.142. The Kier molecular flexibility index (Phi) is 4.83. The van der Waals surface area contributed by atoms with Crippen molar-refractivity contribution in [1.82, 2.24) is 0 Å². The fourth-order valence-electron chi connectivity index (χ4n) is 1.40. The highest BCUT2D eigenvalue weighted by molar-refractivity contribution is 5.69. The van der Waals surface area contributed by atoms with E-state index >= 15 is 0 Å². The lowest BCUT2D eigenvalue weighted by Gasteiger charge is -2.13. The second-order valence-corrected chi connectivity index (χ2v) is 3.71. The van der Waals surface area contributed by atoms with Gasteiger partial charge in [0.1, 0.15) is 11.9 Å². The van der Waals surface area contributed by atoms with E-state index in [1.54, 1.807) is 0 Å². The van der Waals surface area contributed by atoms with Crippen LogP contribution >= 0.6 is 0 Å². The number of esters is 1. The Bertz CT molecular complexity index is 330. The first kappa shape index (κ1) is 12.6. The van der Waals surface area contributed by atoms with Crippen molar-refractivity contribution in [2.24, 2.45) is 0 Å². The molecule has 3 nitrogen and oxygen atoms in total.